The van der Waals surface area contributed by atoms with Gasteiger partial charge in [0, 0.05) is 10.6 Å². The number of nitrogen functional groups attached to an aromatic ring is 1. The smallest absolute Gasteiger partial charge is 0.146 e. The van der Waals surface area contributed by atoms with Gasteiger partial charge in [0.05, 0.1) is 10.7 Å². The largest absolute Gasteiger partial charge is 0.382 e. The summed E-state index contributed by atoms with van der Waals surface area (Å²) in [4.78, 5) is 0. The van der Waals surface area contributed by atoms with Crippen molar-refractivity contribution < 1.29 is 0 Å². The van der Waals surface area contributed by atoms with Gasteiger partial charge in [0.2, 0.25) is 0 Å². The highest BCUT2D eigenvalue weighted by Gasteiger charge is 2.05. The Kier molecular flexibility index (Phi) is 2.75. The topological polar surface area (TPSA) is 51.8 Å². The molecule has 2 aromatic rings. The van der Waals surface area contributed by atoms with Gasteiger partial charge in [-0.1, -0.05) is 23.2 Å². The SMILES string of the molecule is Nc1ccc(-c2cc(Cl)ccc2Cl)nn1. The van der Waals surface area contributed by atoms with E-state index in [1.807, 2.05) is 0 Å². The van der Waals surface area contributed by atoms with Crippen LogP contribution < -0.4 is 5.73 Å². The second-order valence-electron chi connectivity index (χ2n) is 2.97. The average molecular weight is 240 g/mol. The second kappa shape index (κ2) is 4.04. The van der Waals surface area contributed by atoms with Gasteiger partial charge in [0.15, 0.2) is 0 Å². The van der Waals surface area contributed by atoms with Crippen LogP contribution in [0.4, 0.5) is 5.82 Å². The first-order valence-corrected chi connectivity index (χ1v) is 4.97. The van der Waals surface area contributed by atoms with Crippen molar-refractivity contribution in [1.82, 2.24) is 10.2 Å². The molecule has 0 bridgehead atoms. The average Bonchev–Trinajstić information content (AvgIpc) is 2.23. The number of nitrogens with two attached hydrogens (primary N) is 1. The lowest BCUT2D eigenvalue weighted by atomic mass is 10.1. The normalized spacial score (nSPS) is 10.3. The molecule has 0 fully saturated rings. The third-order valence-electron chi connectivity index (χ3n) is 1.89. The third-order valence-corrected chi connectivity index (χ3v) is 2.45. The standard InChI is InChI=1S/C10H7Cl2N3/c11-6-1-2-8(12)7(5-6)9-3-4-10(13)15-14-9/h1-5H,(H2,13,15). The Morgan fingerprint density at radius 3 is 2.47 bits per heavy atom. The van der Waals surface area contributed by atoms with Crippen molar-refractivity contribution >= 4 is 29.0 Å². The maximum atomic E-state index is 6.01. The van der Waals surface area contributed by atoms with Crippen LogP contribution in [0.15, 0.2) is 30.3 Å². The van der Waals surface area contributed by atoms with Gasteiger partial charge >= 0.3 is 0 Å². The molecule has 5 heteroatoms. The van der Waals surface area contributed by atoms with Crippen molar-refractivity contribution in [2.24, 2.45) is 0 Å². The predicted molar refractivity (Wildman–Crippen MR) is 61.9 cm³/mol. The Bertz CT molecular complexity index is 483. The Labute approximate surface area is 96.8 Å². The summed E-state index contributed by atoms with van der Waals surface area (Å²) in [7, 11) is 0. The zero-order valence-electron chi connectivity index (χ0n) is 7.61. The fraction of sp³-hybridized carbons (Fsp3) is 0. The van der Waals surface area contributed by atoms with Crippen LogP contribution in [-0.4, -0.2) is 10.2 Å². The molecule has 0 spiro atoms. The van der Waals surface area contributed by atoms with Gasteiger partial charge in [-0.25, -0.2) is 0 Å². The Morgan fingerprint density at radius 2 is 1.80 bits per heavy atom. The molecule has 1 aromatic heterocycles. The van der Waals surface area contributed by atoms with Crippen molar-refractivity contribution in [3.63, 3.8) is 0 Å². The first-order chi connectivity index (χ1) is 7.16. The van der Waals surface area contributed by atoms with E-state index >= 15 is 0 Å². The van der Waals surface area contributed by atoms with E-state index in [0.29, 0.717) is 21.6 Å². The van der Waals surface area contributed by atoms with E-state index in [-0.39, 0.29) is 0 Å². The lowest BCUT2D eigenvalue weighted by Crippen LogP contribution is -1.94. The number of hydrogen-bond donors (Lipinski definition) is 1. The van der Waals surface area contributed by atoms with Crippen LogP contribution in [0.3, 0.4) is 0 Å². The molecule has 1 aromatic carbocycles. The van der Waals surface area contributed by atoms with Crippen LogP contribution in [0.2, 0.25) is 10.0 Å². The van der Waals surface area contributed by atoms with E-state index in [9.17, 15) is 0 Å². The Hall–Kier alpha value is -1.32. The van der Waals surface area contributed by atoms with Gasteiger partial charge in [0.1, 0.15) is 5.82 Å². The molecule has 3 nitrogen and oxygen atoms in total. The molecule has 0 aliphatic carbocycles. The molecule has 0 aliphatic heterocycles. The van der Waals surface area contributed by atoms with Gasteiger partial charge in [-0.3, -0.25) is 0 Å². The number of nitrogens with zero attached hydrogens (tertiary/aromatic N) is 2. The molecule has 0 unspecified atom stereocenters. The first-order valence-electron chi connectivity index (χ1n) is 4.21. The molecular formula is C10H7Cl2N3. The van der Waals surface area contributed by atoms with E-state index < -0.39 is 0 Å². The molecule has 0 amide bonds. The number of rotatable bonds is 1. The summed E-state index contributed by atoms with van der Waals surface area (Å²) in [5.41, 5.74) is 6.84. The summed E-state index contributed by atoms with van der Waals surface area (Å²) < 4.78 is 0. The van der Waals surface area contributed by atoms with Gasteiger partial charge in [-0.05, 0) is 30.3 Å². The molecule has 0 atom stereocenters. The van der Waals surface area contributed by atoms with Crippen molar-refractivity contribution in [2.75, 3.05) is 5.73 Å². The molecule has 76 valence electrons. The summed E-state index contributed by atoms with van der Waals surface area (Å²) in [6.45, 7) is 0. The summed E-state index contributed by atoms with van der Waals surface area (Å²) >= 11 is 11.9. The maximum Gasteiger partial charge on any atom is 0.146 e. The molecule has 0 saturated heterocycles. The zero-order chi connectivity index (χ0) is 10.8. The van der Waals surface area contributed by atoms with Crippen molar-refractivity contribution in [2.45, 2.75) is 0 Å². The van der Waals surface area contributed by atoms with Crippen LogP contribution >= 0.6 is 23.2 Å². The molecule has 15 heavy (non-hydrogen) atoms. The summed E-state index contributed by atoms with van der Waals surface area (Å²) in [6.07, 6.45) is 0. The van der Waals surface area contributed by atoms with Gasteiger partial charge in [0.25, 0.3) is 0 Å². The molecule has 0 aliphatic rings. The highest BCUT2D eigenvalue weighted by molar-refractivity contribution is 6.35. The van der Waals surface area contributed by atoms with E-state index in [1.54, 1.807) is 30.3 Å². The fourth-order valence-electron chi connectivity index (χ4n) is 1.18. The van der Waals surface area contributed by atoms with Crippen molar-refractivity contribution in [1.29, 1.82) is 0 Å². The Morgan fingerprint density at radius 1 is 1.00 bits per heavy atom. The summed E-state index contributed by atoms with van der Waals surface area (Å²) in [6, 6.07) is 8.60. The predicted octanol–water partition coefficient (Wildman–Crippen LogP) is 3.03. The quantitative estimate of drug-likeness (QED) is 0.833. The number of aromatic nitrogens is 2. The fourth-order valence-corrected chi connectivity index (χ4v) is 1.57. The van der Waals surface area contributed by atoms with Crippen LogP contribution in [0, 0.1) is 0 Å². The lowest BCUT2D eigenvalue weighted by molar-refractivity contribution is 1.05. The van der Waals surface area contributed by atoms with Crippen molar-refractivity contribution in [3.8, 4) is 11.3 Å². The lowest BCUT2D eigenvalue weighted by Gasteiger charge is -2.03. The first kappa shape index (κ1) is 10.2. The molecule has 2 N–H and O–H groups in total. The number of halogens is 2. The maximum absolute atomic E-state index is 6.01. The zero-order valence-corrected chi connectivity index (χ0v) is 9.13. The van der Waals surface area contributed by atoms with Crippen LogP contribution in [-0.2, 0) is 0 Å². The van der Waals surface area contributed by atoms with E-state index in [2.05, 4.69) is 10.2 Å². The number of hydrogen-bond acceptors (Lipinski definition) is 3. The minimum Gasteiger partial charge on any atom is -0.382 e. The van der Waals surface area contributed by atoms with E-state index in [1.165, 1.54) is 0 Å². The van der Waals surface area contributed by atoms with Gasteiger partial charge < -0.3 is 5.73 Å². The summed E-state index contributed by atoms with van der Waals surface area (Å²) in [5.74, 6) is 0.372. The van der Waals surface area contributed by atoms with Crippen LogP contribution in [0.1, 0.15) is 0 Å². The monoisotopic (exact) mass is 239 g/mol. The van der Waals surface area contributed by atoms with E-state index in [0.717, 1.165) is 5.56 Å². The second-order valence-corrected chi connectivity index (χ2v) is 3.81. The molecular weight excluding hydrogens is 233 g/mol. The van der Waals surface area contributed by atoms with Crippen LogP contribution in [0.25, 0.3) is 11.3 Å². The molecule has 0 radical (unpaired) electrons. The molecule has 2 rings (SSSR count). The molecule has 0 saturated carbocycles. The number of anilines is 1. The summed E-state index contributed by atoms with van der Waals surface area (Å²) in [5, 5.41) is 8.87. The molecule has 1 heterocycles. The number of benzene rings is 1. The highest BCUT2D eigenvalue weighted by Crippen LogP contribution is 2.28. The van der Waals surface area contributed by atoms with E-state index in [4.69, 9.17) is 28.9 Å². The minimum atomic E-state index is 0.372. The van der Waals surface area contributed by atoms with Gasteiger partial charge in [-0.2, -0.15) is 0 Å². The van der Waals surface area contributed by atoms with Crippen LogP contribution in [0.5, 0.6) is 0 Å². The highest BCUT2D eigenvalue weighted by atomic mass is 35.5. The van der Waals surface area contributed by atoms with Crippen molar-refractivity contribution in [3.05, 3.63) is 40.4 Å². The third kappa shape index (κ3) is 2.19. The Balaban J connectivity index is 2.53. The van der Waals surface area contributed by atoms with Gasteiger partial charge in [-0.15, -0.1) is 10.2 Å². The minimum absolute atomic E-state index is 0.372.